The maximum absolute atomic E-state index is 15.0. The van der Waals surface area contributed by atoms with Crippen LogP contribution in [0, 0.1) is 0 Å². The zero-order chi connectivity index (χ0) is 20.2. The summed E-state index contributed by atoms with van der Waals surface area (Å²) in [5.41, 5.74) is -0.0403. The Bertz CT molecular complexity index is 821. The van der Waals surface area contributed by atoms with Crippen molar-refractivity contribution in [3.8, 4) is 0 Å². The molecule has 0 aromatic carbocycles. The van der Waals surface area contributed by atoms with Gasteiger partial charge in [0.25, 0.3) is 0 Å². The molecule has 28 heavy (non-hydrogen) atoms. The minimum atomic E-state index is -1.29. The Labute approximate surface area is 166 Å². The molecule has 0 radical (unpaired) electrons. The van der Waals surface area contributed by atoms with Gasteiger partial charge in [-0.05, 0) is 64.3 Å². The summed E-state index contributed by atoms with van der Waals surface area (Å²) in [5, 5.41) is 1.04. The van der Waals surface area contributed by atoms with Gasteiger partial charge in [0.2, 0.25) is 0 Å². The third-order valence-corrected chi connectivity index (χ3v) is 5.04. The van der Waals surface area contributed by atoms with Crippen LogP contribution in [0.25, 0.3) is 11.0 Å². The van der Waals surface area contributed by atoms with Crippen molar-refractivity contribution < 1.29 is 13.9 Å². The lowest BCUT2D eigenvalue weighted by Crippen LogP contribution is -2.37. The second-order valence-corrected chi connectivity index (χ2v) is 8.72. The van der Waals surface area contributed by atoms with E-state index in [1.165, 1.54) is 4.90 Å². The van der Waals surface area contributed by atoms with E-state index in [1.807, 2.05) is 45.0 Å². The lowest BCUT2D eigenvalue weighted by molar-refractivity contribution is 0.0253. The van der Waals surface area contributed by atoms with Crippen molar-refractivity contribution >= 4 is 17.1 Å². The van der Waals surface area contributed by atoms with E-state index >= 15 is 4.39 Å². The quantitative estimate of drug-likeness (QED) is 0.649. The molecular formula is C22H30FN3O2. The number of fused-ring (bicyclic) bond motifs is 1. The summed E-state index contributed by atoms with van der Waals surface area (Å²) in [7, 11) is 0. The highest BCUT2D eigenvalue weighted by Gasteiger charge is 2.40. The number of unbranched alkanes of at least 4 members (excludes halogenated alkanes) is 2. The molecule has 0 saturated carbocycles. The number of hydrogen-bond donors (Lipinski definition) is 0. The predicted octanol–water partition coefficient (Wildman–Crippen LogP) is 5.08. The van der Waals surface area contributed by atoms with E-state index in [9.17, 15) is 4.79 Å². The van der Waals surface area contributed by atoms with Crippen LogP contribution >= 0.6 is 0 Å². The van der Waals surface area contributed by atoms with Crippen molar-refractivity contribution in [2.24, 2.45) is 0 Å². The van der Waals surface area contributed by atoms with Crippen molar-refractivity contribution in [1.29, 1.82) is 0 Å². The first-order chi connectivity index (χ1) is 13.2. The molecule has 3 rings (SSSR count). The van der Waals surface area contributed by atoms with Crippen LogP contribution in [0.2, 0.25) is 0 Å². The van der Waals surface area contributed by atoms with Gasteiger partial charge in [-0.1, -0.05) is 12.8 Å². The number of pyridine rings is 2. The number of alkyl halides is 1. The van der Waals surface area contributed by atoms with Crippen molar-refractivity contribution in [1.82, 2.24) is 14.9 Å². The molecule has 6 heteroatoms. The largest absolute Gasteiger partial charge is 0.444 e. The molecule has 1 unspecified atom stereocenters. The number of aromatic nitrogens is 2. The Hall–Kier alpha value is -2.24. The lowest BCUT2D eigenvalue weighted by Gasteiger charge is -2.25. The fraction of sp³-hybridized carbons (Fsp3) is 0.591. The summed E-state index contributed by atoms with van der Waals surface area (Å²) in [6, 6.07) is 7.99. The van der Waals surface area contributed by atoms with Gasteiger partial charge < -0.3 is 9.64 Å². The highest BCUT2D eigenvalue weighted by Crippen LogP contribution is 2.32. The summed E-state index contributed by atoms with van der Waals surface area (Å²) in [4.78, 5) is 22.5. The molecule has 1 saturated heterocycles. The van der Waals surface area contributed by atoms with Gasteiger partial charge in [0.05, 0.1) is 6.54 Å². The van der Waals surface area contributed by atoms with Crippen LogP contribution < -0.4 is 0 Å². The summed E-state index contributed by atoms with van der Waals surface area (Å²) in [6.07, 6.45) is 5.81. The summed E-state index contributed by atoms with van der Waals surface area (Å²) < 4.78 is 20.4. The summed E-state index contributed by atoms with van der Waals surface area (Å²) in [6.45, 7) is 6.04. The monoisotopic (exact) mass is 387 g/mol. The molecular weight excluding hydrogens is 357 g/mol. The maximum Gasteiger partial charge on any atom is 0.410 e. The third-order valence-electron chi connectivity index (χ3n) is 5.04. The van der Waals surface area contributed by atoms with E-state index in [1.54, 1.807) is 6.20 Å². The number of carbonyl (C=O) groups excluding carboxylic acids is 1. The smallest absolute Gasteiger partial charge is 0.410 e. The number of carbonyl (C=O) groups is 1. The number of aryl methyl sites for hydroxylation is 1. The third kappa shape index (κ3) is 5.63. The zero-order valence-electron chi connectivity index (χ0n) is 17.1. The Balaban J connectivity index is 1.39. The van der Waals surface area contributed by atoms with Crippen molar-refractivity contribution in [2.75, 3.05) is 13.1 Å². The fourth-order valence-corrected chi connectivity index (χ4v) is 3.58. The number of halogens is 1. The van der Waals surface area contributed by atoms with Crippen LogP contribution in [-0.4, -0.2) is 45.3 Å². The number of amides is 1. The first-order valence-corrected chi connectivity index (χ1v) is 10.1. The zero-order valence-corrected chi connectivity index (χ0v) is 17.1. The molecule has 0 aliphatic carbocycles. The number of ether oxygens (including phenoxy) is 1. The highest BCUT2D eigenvalue weighted by molar-refractivity contribution is 5.74. The van der Waals surface area contributed by atoms with Crippen LogP contribution in [0.3, 0.4) is 0 Å². The highest BCUT2D eigenvalue weighted by atomic mass is 19.1. The van der Waals surface area contributed by atoms with Gasteiger partial charge in [-0.3, -0.25) is 0 Å². The maximum atomic E-state index is 15.0. The molecule has 3 heterocycles. The topological polar surface area (TPSA) is 55.3 Å². The SMILES string of the molecule is CC(C)(C)OC(=O)N1CCC(F)(CCCCCc2ccc3cccnc3n2)C1. The summed E-state index contributed by atoms with van der Waals surface area (Å²) >= 11 is 0. The van der Waals surface area contributed by atoms with Crippen LogP contribution in [0.4, 0.5) is 9.18 Å². The minimum Gasteiger partial charge on any atom is -0.444 e. The van der Waals surface area contributed by atoms with Crippen LogP contribution in [0.15, 0.2) is 30.5 Å². The standard InChI is InChI=1S/C22H30FN3O2/c1-21(2,3)28-20(27)26-15-13-22(23,16-26)12-6-4-5-9-18-11-10-17-8-7-14-24-19(17)25-18/h7-8,10-11,14H,4-6,9,12-13,15-16H2,1-3H3. The van der Waals surface area contributed by atoms with Crippen LogP contribution in [0.1, 0.15) is 58.6 Å². The molecule has 1 aliphatic heterocycles. The minimum absolute atomic E-state index is 0.139. The molecule has 152 valence electrons. The molecule has 1 fully saturated rings. The van der Waals surface area contributed by atoms with Gasteiger partial charge in [0.1, 0.15) is 11.3 Å². The first-order valence-electron chi connectivity index (χ1n) is 10.1. The molecule has 0 N–H and O–H groups in total. The molecule has 1 aliphatic rings. The molecule has 2 aromatic rings. The number of rotatable bonds is 6. The Morgan fingerprint density at radius 2 is 2.07 bits per heavy atom. The van der Waals surface area contributed by atoms with Crippen molar-refractivity contribution in [3.05, 3.63) is 36.2 Å². The molecule has 1 amide bonds. The van der Waals surface area contributed by atoms with E-state index < -0.39 is 17.4 Å². The van der Waals surface area contributed by atoms with Crippen LogP contribution in [0.5, 0.6) is 0 Å². The van der Waals surface area contributed by atoms with Crippen molar-refractivity contribution in [2.45, 2.75) is 70.6 Å². The lowest BCUT2D eigenvalue weighted by atomic mass is 9.96. The van der Waals surface area contributed by atoms with Gasteiger partial charge in [-0.25, -0.2) is 19.2 Å². The summed E-state index contributed by atoms with van der Waals surface area (Å²) in [5.74, 6) is 0. The van der Waals surface area contributed by atoms with E-state index in [0.29, 0.717) is 19.4 Å². The molecule has 2 aromatic heterocycles. The van der Waals surface area contributed by atoms with Crippen LogP contribution in [-0.2, 0) is 11.2 Å². The Kier molecular flexibility index (Phi) is 6.16. The number of hydrogen-bond acceptors (Lipinski definition) is 4. The van der Waals surface area contributed by atoms with Crippen molar-refractivity contribution in [3.63, 3.8) is 0 Å². The van der Waals surface area contributed by atoms with E-state index in [2.05, 4.69) is 9.97 Å². The average molecular weight is 387 g/mol. The first kappa shape index (κ1) is 20.5. The van der Waals surface area contributed by atoms with Gasteiger partial charge in [0.15, 0.2) is 5.65 Å². The van der Waals surface area contributed by atoms with Gasteiger partial charge >= 0.3 is 6.09 Å². The molecule has 1 atom stereocenters. The predicted molar refractivity (Wildman–Crippen MR) is 108 cm³/mol. The van der Waals surface area contributed by atoms with Gasteiger partial charge in [-0.2, -0.15) is 0 Å². The van der Waals surface area contributed by atoms with E-state index in [4.69, 9.17) is 4.74 Å². The normalized spacial score (nSPS) is 19.9. The second-order valence-electron chi connectivity index (χ2n) is 8.72. The second kappa shape index (κ2) is 8.41. The fourth-order valence-electron chi connectivity index (χ4n) is 3.58. The van der Waals surface area contributed by atoms with E-state index in [0.717, 1.165) is 42.4 Å². The molecule has 0 spiro atoms. The Morgan fingerprint density at radius 1 is 1.25 bits per heavy atom. The molecule has 0 bridgehead atoms. The number of likely N-dealkylation sites (tertiary alicyclic amines) is 1. The average Bonchev–Trinajstić information content (AvgIpc) is 3.02. The van der Waals surface area contributed by atoms with E-state index in [-0.39, 0.29) is 6.54 Å². The van der Waals surface area contributed by atoms with Gasteiger partial charge in [0, 0.05) is 30.2 Å². The van der Waals surface area contributed by atoms with Gasteiger partial charge in [-0.15, -0.1) is 0 Å². The Morgan fingerprint density at radius 3 is 2.86 bits per heavy atom. The number of nitrogens with zero attached hydrogens (tertiary/aromatic N) is 3. The molecule has 5 nitrogen and oxygen atoms in total.